The van der Waals surface area contributed by atoms with Crippen molar-refractivity contribution in [1.29, 1.82) is 0 Å². The summed E-state index contributed by atoms with van der Waals surface area (Å²) in [6, 6.07) is 4.01. The Bertz CT molecular complexity index is 944. The fraction of sp³-hybridized carbons (Fsp3) is 0.412. The Kier molecular flexibility index (Phi) is 3.67. The lowest BCUT2D eigenvalue weighted by molar-refractivity contribution is 0.0784. The Labute approximate surface area is 144 Å². The third-order valence-electron chi connectivity index (χ3n) is 4.37. The van der Waals surface area contributed by atoms with E-state index in [9.17, 15) is 4.79 Å². The molecule has 0 unspecified atom stereocenters. The summed E-state index contributed by atoms with van der Waals surface area (Å²) in [5.74, 6) is 1.79. The van der Waals surface area contributed by atoms with Gasteiger partial charge < -0.3 is 14.6 Å². The number of hydrogen-bond acceptors (Lipinski definition) is 6. The second kappa shape index (κ2) is 5.87. The van der Waals surface area contributed by atoms with Gasteiger partial charge in [-0.25, -0.2) is 14.5 Å². The number of imidazole rings is 1. The Hall–Kier alpha value is -2.90. The van der Waals surface area contributed by atoms with Crippen molar-refractivity contribution in [3.8, 4) is 0 Å². The molecule has 4 rings (SSSR count). The van der Waals surface area contributed by atoms with Crippen LogP contribution in [0, 0.1) is 20.8 Å². The molecule has 1 aliphatic heterocycles. The van der Waals surface area contributed by atoms with Gasteiger partial charge in [-0.15, -0.1) is 5.10 Å². The van der Waals surface area contributed by atoms with Crippen molar-refractivity contribution in [2.45, 2.75) is 33.2 Å². The van der Waals surface area contributed by atoms with Gasteiger partial charge in [0, 0.05) is 26.1 Å². The number of amides is 1. The van der Waals surface area contributed by atoms with Gasteiger partial charge in [0.1, 0.15) is 11.6 Å². The Morgan fingerprint density at radius 1 is 1.28 bits per heavy atom. The van der Waals surface area contributed by atoms with E-state index < -0.39 is 0 Å². The predicted molar refractivity (Wildman–Crippen MR) is 91.6 cm³/mol. The van der Waals surface area contributed by atoms with Crippen molar-refractivity contribution < 1.29 is 9.21 Å². The molecule has 1 saturated heterocycles. The first kappa shape index (κ1) is 15.6. The highest BCUT2D eigenvalue weighted by atomic mass is 16.4. The van der Waals surface area contributed by atoms with Crippen LogP contribution in [0.3, 0.4) is 0 Å². The Balaban J connectivity index is 1.44. The molecule has 130 valence electrons. The minimum atomic E-state index is -0.0766. The van der Waals surface area contributed by atoms with Crippen LogP contribution in [0.2, 0.25) is 0 Å². The van der Waals surface area contributed by atoms with Crippen LogP contribution in [0.25, 0.3) is 5.65 Å². The topological polar surface area (TPSA) is 88.6 Å². The molecule has 3 aromatic heterocycles. The van der Waals surface area contributed by atoms with Crippen molar-refractivity contribution in [2.75, 3.05) is 18.4 Å². The van der Waals surface area contributed by atoms with Crippen LogP contribution in [0.5, 0.6) is 0 Å². The molecule has 25 heavy (non-hydrogen) atoms. The van der Waals surface area contributed by atoms with Crippen molar-refractivity contribution in [1.82, 2.24) is 24.5 Å². The van der Waals surface area contributed by atoms with Crippen LogP contribution in [0.1, 0.15) is 34.3 Å². The maximum absolute atomic E-state index is 12.6. The SMILES string of the molecule is Cc1cn2nc(N[C@@H]3CCN(C(=O)c4nc(C)oc4C)C3)ccc2n1. The number of fused-ring (bicyclic) bond motifs is 1. The first-order valence-corrected chi connectivity index (χ1v) is 8.32. The summed E-state index contributed by atoms with van der Waals surface area (Å²) >= 11 is 0. The Morgan fingerprint density at radius 2 is 2.12 bits per heavy atom. The highest BCUT2D eigenvalue weighted by Gasteiger charge is 2.30. The van der Waals surface area contributed by atoms with Crippen LogP contribution < -0.4 is 5.32 Å². The molecule has 0 bridgehead atoms. The summed E-state index contributed by atoms with van der Waals surface area (Å²) in [5, 5.41) is 7.92. The van der Waals surface area contributed by atoms with Gasteiger partial charge in [0.15, 0.2) is 17.2 Å². The lowest BCUT2D eigenvalue weighted by Crippen LogP contribution is -2.32. The zero-order chi connectivity index (χ0) is 17.6. The zero-order valence-electron chi connectivity index (χ0n) is 14.5. The summed E-state index contributed by atoms with van der Waals surface area (Å²) in [6.07, 6.45) is 2.75. The van der Waals surface area contributed by atoms with Gasteiger partial charge >= 0.3 is 0 Å². The molecular formula is C17H20N6O2. The van der Waals surface area contributed by atoms with Crippen LogP contribution in [-0.4, -0.2) is 49.5 Å². The molecule has 0 aromatic carbocycles. The molecule has 0 radical (unpaired) electrons. The monoisotopic (exact) mass is 340 g/mol. The standard InChI is InChI=1S/C17H20N6O2/c1-10-8-23-15(18-10)5-4-14(21-23)20-13-6-7-22(9-13)17(24)16-11(2)25-12(3)19-16/h4-5,8,13H,6-7,9H2,1-3H3,(H,20,21)/t13-/m1/s1. The Morgan fingerprint density at radius 3 is 2.88 bits per heavy atom. The molecule has 4 heterocycles. The lowest BCUT2D eigenvalue weighted by Gasteiger charge is -2.16. The van der Waals surface area contributed by atoms with E-state index in [0.29, 0.717) is 30.4 Å². The second-order valence-corrected chi connectivity index (χ2v) is 6.42. The fourth-order valence-corrected chi connectivity index (χ4v) is 3.23. The maximum atomic E-state index is 12.6. The summed E-state index contributed by atoms with van der Waals surface area (Å²) in [5.41, 5.74) is 2.16. The van der Waals surface area contributed by atoms with Gasteiger partial charge in [-0.3, -0.25) is 4.79 Å². The molecule has 8 nitrogen and oxygen atoms in total. The van der Waals surface area contributed by atoms with E-state index in [1.807, 2.05) is 30.2 Å². The first-order valence-electron chi connectivity index (χ1n) is 8.32. The normalized spacial score (nSPS) is 17.4. The van der Waals surface area contributed by atoms with E-state index in [-0.39, 0.29) is 11.9 Å². The number of rotatable bonds is 3. The van der Waals surface area contributed by atoms with Crippen molar-refractivity contribution in [3.63, 3.8) is 0 Å². The number of aromatic nitrogens is 4. The van der Waals surface area contributed by atoms with Crippen LogP contribution in [0.15, 0.2) is 22.7 Å². The molecule has 0 spiro atoms. The molecular weight excluding hydrogens is 320 g/mol. The average Bonchev–Trinajstić information content (AvgIpc) is 3.24. The zero-order valence-corrected chi connectivity index (χ0v) is 14.5. The van der Waals surface area contributed by atoms with Gasteiger partial charge in [0.05, 0.1) is 11.9 Å². The van der Waals surface area contributed by atoms with Crippen molar-refractivity contribution >= 4 is 17.4 Å². The van der Waals surface area contributed by atoms with E-state index in [4.69, 9.17) is 4.42 Å². The molecule has 3 aromatic rings. The largest absolute Gasteiger partial charge is 0.445 e. The molecule has 8 heteroatoms. The van der Waals surface area contributed by atoms with E-state index >= 15 is 0 Å². The quantitative estimate of drug-likeness (QED) is 0.784. The number of carbonyl (C=O) groups excluding carboxylic acids is 1. The van der Waals surface area contributed by atoms with Crippen LogP contribution in [0.4, 0.5) is 5.82 Å². The number of nitrogens with zero attached hydrogens (tertiary/aromatic N) is 5. The molecule has 1 aliphatic rings. The summed E-state index contributed by atoms with van der Waals surface area (Å²) in [6.45, 7) is 6.76. The number of nitrogens with one attached hydrogen (secondary N) is 1. The highest BCUT2D eigenvalue weighted by Crippen LogP contribution is 2.19. The molecule has 0 aliphatic carbocycles. The van der Waals surface area contributed by atoms with E-state index in [2.05, 4.69) is 20.4 Å². The van der Waals surface area contributed by atoms with E-state index in [1.54, 1.807) is 18.4 Å². The smallest absolute Gasteiger partial charge is 0.276 e. The first-order chi connectivity index (χ1) is 12.0. The summed E-state index contributed by atoms with van der Waals surface area (Å²) < 4.78 is 7.13. The van der Waals surface area contributed by atoms with Crippen LogP contribution in [-0.2, 0) is 0 Å². The molecule has 1 fully saturated rings. The second-order valence-electron chi connectivity index (χ2n) is 6.42. The number of oxazole rings is 1. The molecule has 1 N–H and O–H groups in total. The molecule has 0 saturated carbocycles. The number of hydrogen-bond donors (Lipinski definition) is 1. The average molecular weight is 340 g/mol. The van der Waals surface area contributed by atoms with Crippen LogP contribution >= 0.6 is 0 Å². The number of anilines is 1. The third kappa shape index (κ3) is 2.95. The summed E-state index contributed by atoms with van der Waals surface area (Å²) in [7, 11) is 0. The minimum absolute atomic E-state index is 0.0766. The third-order valence-corrected chi connectivity index (χ3v) is 4.37. The summed E-state index contributed by atoms with van der Waals surface area (Å²) in [4.78, 5) is 23.0. The number of aryl methyl sites for hydroxylation is 3. The maximum Gasteiger partial charge on any atom is 0.276 e. The lowest BCUT2D eigenvalue weighted by atomic mass is 10.2. The predicted octanol–water partition coefficient (Wildman–Crippen LogP) is 1.97. The minimum Gasteiger partial charge on any atom is -0.445 e. The van der Waals surface area contributed by atoms with Crippen molar-refractivity contribution in [3.05, 3.63) is 41.4 Å². The van der Waals surface area contributed by atoms with E-state index in [1.165, 1.54) is 0 Å². The number of carbonyl (C=O) groups is 1. The number of likely N-dealkylation sites (tertiary alicyclic amines) is 1. The van der Waals surface area contributed by atoms with Gasteiger partial charge in [0.2, 0.25) is 0 Å². The van der Waals surface area contributed by atoms with Gasteiger partial charge in [-0.1, -0.05) is 0 Å². The van der Waals surface area contributed by atoms with E-state index in [0.717, 1.165) is 23.6 Å². The fourth-order valence-electron chi connectivity index (χ4n) is 3.23. The van der Waals surface area contributed by atoms with Gasteiger partial charge in [-0.2, -0.15) is 0 Å². The molecule has 1 amide bonds. The highest BCUT2D eigenvalue weighted by molar-refractivity contribution is 5.93. The molecule has 1 atom stereocenters. The van der Waals surface area contributed by atoms with Gasteiger partial charge in [0.25, 0.3) is 5.91 Å². The van der Waals surface area contributed by atoms with Gasteiger partial charge in [-0.05, 0) is 32.4 Å². The van der Waals surface area contributed by atoms with Crippen molar-refractivity contribution in [2.24, 2.45) is 0 Å².